The molecule has 20 heavy (non-hydrogen) atoms. The molecule has 5 nitrogen and oxygen atoms in total. The summed E-state index contributed by atoms with van der Waals surface area (Å²) in [5.41, 5.74) is 3.11. The van der Waals surface area contributed by atoms with E-state index in [1.54, 1.807) is 19.4 Å². The molecule has 2 heterocycles. The molecule has 0 unspecified atom stereocenters. The highest BCUT2D eigenvalue weighted by molar-refractivity contribution is 5.96. The largest absolute Gasteiger partial charge is 0.494 e. The van der Waals surface area contributed by atoms with Crippen LogP contribution in [-0.2, 0) is 6.42 Å². The van der Waals surface area contributed by atoms with Crippen LogP contribution in [0.15, 0.2) is 24.5 Å². The topological polar surface area (TPSA) is 72.3 Å². The number of carboxylic acids is 1. The Morgan fingerprint density at radius 2 is 2.00 bits per heavy atom. The highest BCUT2D eigenvalue weighted by Gasteiger charge is 2.17. The number of hydrogen-bond acceptors (Lipinski definition) is 4. The SMILES string of the molecule is CCc1cc(-c2cc(C)ncc2C(=O)O)c(OC)cn1. The van der Waals surface area contributed by atoms with Gasteiger partial charge in [0.2, 0.25) is 0 Å². The van der Waals surface area contributed by atoms with Crippen molar-refractivity contribution in [2.45, 2.75) is 20.3 Å². The third-order valence-electron chi connectivity index (χ3n) is 3.07. The van der Waals surface area contributed by atoms with Gasteiger partial charge in [0.1, 0.15) is 5.75 Å². The van der Waals surface area contributed by atoms with E-state index in [0.29, 0.717) is 11.3 Å². The highest BCUT2D eigenvalue weighted by Crippen LogP contribution is 2.32. The van der Waals surface area contributed by atoms with Crippen molar-refractivity contribution < 1.29 is 14.6 Å². The van der Waals surface area contributed by atoms with E-state index in [2.05, 4.69) is 9.97 Å². The normalized spacial score (nSPS) is 10.3. The maximum absolute atomic E-state index is 11.4. The fourth-order valence-electron chi connectivity index (χ4n) is 2.01. The van der Waals surface area contributed by atoms with Gasteiger partial charge < -0.3 is 9.84 Å². The Bertz CT molecular complexity index is 654. The second kappa shape index (κ2) is 5.69. The minimum atomic E-state index is -1.01. The van der Waals surface area contributed by atoms with Crippen LogP contribution in [0.25, 0.3) is 11.1 Å². The van der Waals surface area contributed by atoms with Crippen LogP contribution in [0.2, 0.25) is 0 Å². The summed E-state index contributed by atoms with van der Waals surface area (Å²) in [7, 11) is 1.54. The van der Waals surface area contributed by atoms with E-state index in [-0.39, 0.29) is 5.56 Å². The molecule has 2 aromatic rings. The second-order valence-electron chi connectivity index (χ2n) is 4.41. The van der Waals surface area contributed by atoms with Gasteiger partial charge in [0.25, 0.3) is 0 Å². The standard InChI is InChI=1S/C15H16N2O3/c1-4-10-6-12(14(20-3)8-17-10)11-5-9(2)16-7-13(11)15(18)19/h5-8H,4H2,1-3H3,(H,18,19). The summed E-state index contributed by atoms with van der Waals surface area (Å²) in [5.74, 6) is -0.459. The molecule has 0 aliphatic heterocycles. The molecule has 0 bridgehead atoms. The number of aromatic carboxylic acids is 1. The Kier molecular flexibility index (Phi) is 3.98. The molecule has 0 aliphatic carbocycles. The molecule has 0 saturated carbocycles. The van der Waals surface area contributed by atoms with E-state index in [1.165, 1.54) is 6.20 Å². The average Bonchev–Trinajstić information content (AvgIpc) is 2.46. The first-order chi connectivity index (χ1) is 9.56. The first-order valence-electron chi connectivity index (χ1n) is 6.30. The zero-order valence-electron chi connectivity index (χ0n) is 11.7. The van der Waals surface area contributed by atoms with E-state index in [4.69, 9.17) is 4.74 Å². The lowest BCUT2D eigenvalue weighted by Gasteiger charge is -2.12. The molecule has 104 valence electrons. The zero-order valence-corrected chi connectivity index (χ0v) is 11.7. The van der Waals surface area contributed by atoms with Crippen LogP contribution in [0.4, 0.5) is 0 Å². The van der Waals surface area contributed by atoms with Crippen molar-refractivity contribution in [2.24, 2.45) is 0 Å². The Balaban J connectivity index is 2.72. The summed E-state index contributed by atoms with van der Waals surface area (Å²) >= 11 is 0. The number of aromatic nitrogens is 2. The van der Waals surface area contributed by atoms with Crippen LogP contribution in [0.1, 0.15) is 28.7 Å². The summed E-state index contributed by atoms with van der Waals surface area (Å²) < 4.78 is 5.30. The van der Waals surface area contributed by atoms with Crippen LogP contribution in [0.5, 0.6) is 5.75 Å². The van der Waals surface area contributed by atoms with E-state index in [9.17, 15) is 9.90 Å². The number of rotatable bonds is 4. The van der Waals surface area contributed by atoms with E-state index < -0.39 is 5.97 Å². The number of aryl methyl sites for hydroxylation is 2. The first kappa shape index (κ1) is 14.0. The average molecular weight is 272 g/mol. The highest BCUT2D eigenvalue weighted by atomic mass is 16.5. The fraction of sp³-hybridized carbons (Fsp3) is 0.267. The maximum atomic E-state index is 11.4. The van der Waals surface area contributed by atoms with Crippen LogP contribution in [0, 0.1) is 6.92 Å². The smallest absolute Gasteiger partial charge is 0.337 e. The van der Waals surface area contributed by atoms with Crippen LogP contribution in [0.3, 0.4) is 0 Å². The number of ether oxygens (including phenoxy) is 1. The predicted octanol–water partition coefficient (Wildman–Crippen LogP) is 2.72. The minimum absolute atomic E-state index is 0.155. The van der Waals surface area contributed by atoms with E-state index >= 15 is 0 Å². The van der Waals surface area contributed by atoms with Gasteiger partial charge in [0, 0.05) is 28.7 Å². The third kappa shape index (κ3) is 2.61. The Morgan fingerprint density at radius 3 is 2.60 bits per heavy atom. The van der Waals surface area contributed by atoms with Crippen molar-refractivity contribution in [3.8, 4) is 16.9 Å². The van der Waals surface area contributed by atoms with Gasteiger partial charge in [-0.15, -0.1) is 0 Å². The fourth-order valence-corrected chi connectivity index (χ4v) is 2.01. The number of hydrogen-bond donors (Lipinski definition) is 1. The summed E-state index contributed by atoms with van der Waals surface area (Å²) in [4.78, 5) is 19.7. The molecule has 0 radical (unpaired) electrons. The van der Waals surface area contributed by atoms with Crippen LogP contribution < -0.4 is 4.74 Å². The summed E-state index contributed by atoms with van der Waals surface area (Å²) in [6, 6.07) is 3.61. The molecule has 0 saturated heterocycles. The quantitative estimate of drug-likeness (QED) is 0.926. The second-order valence-corrected chi connectivity index (χ2v) is 4.41. The lowest BCUT2D eigenvalue weighted by atomic mass is 9.99. The molecular formula is C15H16N2O3. The monoisotopic (exact) mass is 272 g/mol. The Morgan fingerprint density at radius 1 is 1.25 bits per heavy atom. The molecule has 0 atom stereocenters. The Hall–Kier alpha value is -2.43. The van der Waals surface area contributed by atoms with Gasteiger partial charge in [-0.3, -0.25) is 9.97 Å². The number of nitrogens with zero attached hydrogens (tertiary/aromatic N) is 2. The van der Waals surface area contributed by atoms with Gasteiger partial charge in [-0.05, 0) is 25.5 Å². The van der Waals surface area contributed by atoms with Gasteiger partial charge in [0.15, 0.2) is 0 Å². The molecule has 1 N–H and O–H groups in total. The molecule has 2 aromatic heterocycles. The molecule has 0 fully saturated rings. The molecular weight excluding hydrogens is 256 g/mol. The van der Waals surface area contributed by atoms with Crippen molar-refractivity contribution in [3.63, 3.8) is 0 Å². The van der Waals surface area contributed by atoms with Crippen molar-refractivity contribution >= 4 is 5.97 Å². The molecule has 0 amide bonds. The minimum Gasteiger partial charge on any atom is -0.494 e. The molecule has 2 rings (SSSR count). The third-order valence-corrected chi connectivity index (χ3v) is 3.07. The lowest BCUT2D eigenvalue weighted by molar-refractivity contribution is 0.0697. The number of carboxylic acid groups (broad SMARTS) is 1. The summed E-state index contributed by atoms with van der Waals surface area (Å²) in [5, 5.41) is 9.31. The van der Waals surface area contributed by atoms with Gasteiger partial charge in [-0.2, -0.15) is 0 Å². The summed E-state index contributed by atoms with van der Waals surface area (Å²) in [6.45, 7) is 3.82. The van der Waals surface area contributed by atoms with Crippen molar-refractivity contribution in [1.82, 2.24) is 9.97 Å². The van der Waals surface area contributed by atoms with Crippen molar-refractivity contribution in [2.75, 3.05) is 7.11 Å². The first-order valence-corrected chi connectivity index (χ1v) is 6.30. The number of pyridine rings is 2. The van der Waals surface area contributed by atoms with Gasteiger partial charge in [-0.1, -0.05) is 6.92 Å². The molecule has 0 aliphatic rings. The Labute approximate surface area is 117 Å². The number of methoxy groups -OCH3 is 1. The van der Waals surface area contributed by atoms with Gasteiger partial charge in [0.05, 0.1) is 18.9 Å². The lowest BCUT2D eigenvalue weighted by Crippen LogP contribution is -2.03. The molecule has 5 heteroatoms. The van der Waals surface area contributed by atoms with E-state index in [0.717, 1.165) is 23.4 Å². The maximum Gasteiger partial charge on any atom is 0.337 e. The van der Waals surface area contributed by atoms with Gasteiger partial charge in [-0.25, -0.2) is 4.79 Å². The molecule has 0 aromatic carbocycles. The summed E-state index contributed by atoms with van der Waals surface area (Å²) in [6.07, 6.45) is 3.76. The van der Waals surface area contributed by atoms with Crippen LogP contribution in [-0.4, -0.2) is 28.2 Å². The predicted molar refractivity (Wildman–Crippen MR) is 75.1 cm³/mol. The number of carbonyl (C=O) groups is 1. The van der Waals surface area contributed by atoms with E-state index in [1.807, 2.05) is 19.9 Å². The molecule has 0 spiro atoms. The van der Waals surface area contributed by atoms with Crippen molar-refractivity contribution in [3.05, 3.63) is 41.5 Å². The van der Waals surface area contributed by atoms with Crippen LogP contribution >= 0.6 is 0 Å². The van der Waals surface area contributed by atoms with Gasteiger partial charge >= 0.3 is 5.97 Å². The van der Waals surface area contributed by atoms with Crippen molar-refractivity contribution in [1.29, 1.82) is 0 Å². The zero-order chi connectivity index (χ0) is 14.7.